The second-order valence-corrected chi connectivity index (χ2v) is 10.2. The number of para-hydroxylation sites is 1. The zero-order valence-corrected chi connectivity index (χ0v) is 20.4. The number of nitrogens with zero attached hydrogens (tertiary/aromatic N) is 1. The van der Waals surface area contributed by atoms with E-state index < -0.39 is 27.1 Å². The van der Waals surface area contributed by atoms with Gasteiger partial charge in [-0.25, -0.2) is 4.39 Å². The van der Waals surface area contributed by atoms with E-state index in [0.29, 0.717) is 23.0 Å². The fourth-order valence-corrected chi connectivity index (χ4v) is 5.08. The van der Waals surface area contributed by atoms with Gasteiger partial charge in [0.15, 0.2) is 0 Å². The third-order valence-corrected chi connectivity index (χ3v) is 7.15. The molecule has 184 valence electrons. The summed E-state index contributed by atoms with van der Waals surface area (Å²) in [7, 11) is -4.24. The Kier molecular flexibility index (Phi) is 7.22. The molecule has 36 heavy (non-hydrogen) atoms. The summed E-state index contributed by atoms with van der Waals surface area (Å²) >= 11 is 0.713. The summed E-state index contributed by atoms with van der Waals surface area (Å²) in [4.78, 5) is 37.5. The summed E-state index contributed by atoms with van der Waals surface area (Å²) in [6, 6.07) is 17.1. The third kappa shape index (κ3) is 5.81. The number of rotatable bonds is 7. The van der Waals surface area contributed by atoms with E-state index in [4.69, 9.17) is 4.18 Å². The maximum atomic E-state index is 13.2. The van der Waals surface area contributed by atoms with E-state index in [1.165, 1.54) is 67.6 Å². The SMILES string of the molecule is CC(=O)Nc1ccc(S(=O)(=O)Oc2ccccc2/C=C2\SC(=O)N(Cc3ccc(F)cc3)C2=O)cc1. The van der Waals surface area contributed by atoms with Crippen LogP contribution in [0.25, 0.3) is 6.08 Å². The first-order valence-electron chi connectivity index (χ1n) is 10.5. The van der Waals surface area contributed by atoms with Gasteiger partial charge in [0, 0.05) is 18.2 Å². The van der Waals surface area contributed by atoms with Crippen molar-refractivity contribution in [2.45, 2.75) is 18.4 Å². The van der Waals surface area contributed by atoms with Crippen LogP contribution in [-0.2, 0) is 26.3 Å². The molecule has 1 aliphatic heterocycles. The smallest absolute Gasteiger partial charge is 0.339 e. The molecule has 1 aliphatic rings. The Hall–Kier alpha value is -3.96. The predicted molar refractivity (Wildman–Crippen MR) is 133 cm³/mol. The van der Waals surface area contributed by atoms with Gasteiger partial charge in [-0.15, -0.1) is 0 Å². The Labute approximate surface area is 210 Å². The second-order valence-electron chi connectivity index (χ2n) is 7.68. The molecule has 8 nitrogen and oxygen atoms in total. The Balaban J connectivity index is 1.55. The number of carbonyl (C=O) groups excluding carboxylic acids is 3. The number of imide groups is 1. The number of hydrogen-bond donors (Lipinski definition) is 1. The molecule has 3 aromatic rings. The van der Waals surface area contributed by atoms with E-state index in [2.05, 4.69) is 5.32 Å². The minimum atomic E-state index is -4.24. The topological polar surface area (TPSA) is 110 Å². The third-order valence-electron chi connectivity index (χ3n) is 5.00. The normalized spacial score (nSPS) is 14.8. The Morgan fingerprint density at radius 3 is 2.36 bits per heavy atom. The highest BCUT2D eigenvalue weighted by atomic mass is 32.2. The highest BCUT2D eigenvalue weighted by molar-refractivity contribution is 8.18. The van der Waals surface area contributed by atoms with Gasteiger partial charge in [0.2, 0.25) is 5.91 Å². The van der Waals surface area contributed by atoms with Gasteiger partial charge < -0.3 is 9.50 Å². The fraction of sp³-hybridized carbons (Fsp3) is 0.0800. The van der Waals surface area contributed by atoms with Gasteiger partial charge in [-0.1, -0.05) is 30.3 Å². The van der Waals surface area contributed by atoms with Crippen LogP contribution in [0, 0.1) is 5.82 Å². The van der Waals surface area contributed by atoms with Crippen molar-refractivity contribution in [3.63, 3.8) is 0 Å². The van der Waals surface area contributed by atoms with Crippen molar-refractivity contribution in [3.05, 3.63) is 94.6 Å². The first kappa shape index (κ1) is 25.1. The Morgan fingerprint density at radius 2 is 1.69 bits per heavy atom. The van der Waals surface area contributed by atoms with Crippen LogP contribution in [0.5, 0.6) is 5.75 Å². The minimum absolute atomic E-state index is 0.0245. The fourth-order valence-electron chi connectivity index (χ4n) is 3.30. The van der Waals surface area contributed by atoms with Crippen LogP contribution >= 0.6 is 11.8 Å². The monoisotopic (exact) mass is 526 g/mol. The summed E-state index contributed by atoms with van der Waals surface area (Å²) in [6.07, 6.45) is 1.39. The van der Waals surface area contributed by atoms with Crippen LogP contribution in [0.1, 0.15) is 18.1 Å². The van der Waals surface area contributed by atoms with Crippen molar-refractivity contribution in [2.24, 2.45) is 0 Å². The molecule has 0 saturated carbocycles. The molecule has 0 atom stereocenters. The molecule has 0 aromatic heterocycles. The molecule has 3 amide bonds. The summed E-state index contributed by atoms with van der Waals surface area (Å²) in [5.74, 6) is -1.31. The first-order valence-corrected chi connectivity index (χ1v) is 12.8. The molecule has 1 saturated heterocycles. The molecule has 11 heteroatoms. The minimum Gasteiger partial charge on any atom is -0.378 e. The van der Waals surface area contributed by atoms with Crippen molar-refractivity contribution >= 4 is 50.7 Å². The number of hydrogen-bond acceptors (Lipinski definition) is 7. The lowest BCUT2D eigenvalue weighted by molar-refractivity contribution is -0.123. The van der Waals surface area contributed by atoms with E-state index in [-0.39, 0.29) is 33.6 Å². The van der Waals surface area contributed by atoms with Gasteiger partial charge in [-0.2, -0.15) is 8.42 Å². The van der Waals surface area contributed by atoms with Gasteiger partial charge >= 0.3 is 10.1 Å². The zero-order chi connectivity index (χ0) is 25.9. The van der Waals surface area contributed by atoms with Gasteiger partial charge in [0.05, 0.1) is 11.4 Å². The lowest BCUT2D eigenvalue weighted by atomic mass is 10.2. The molecule has 0 aliphatic carbocycles. The van der Waals surface area contributed by atoms with Gasteiger partial charge in [-0.3, -0.25) is 19.3 Å². The predicted octanol–water partition coefficient (Wildman–Crippen LogP) is 4.79. The van der Waals surface area contributed by atoms with Crippen LogP contribution in [0.3, 0.4) is 0 Å². The summed E-state index contributed by atoms with van der Waals surface area (Å²) < 4.78 is 44.1. The number of benzene rings is 3. The molecule has 4 rings (SSSR count). The molecule has 0 bridgehead atoms. The highest BCUT2D eigenvalue weighted by Gasteiger charge is 2.35. The molecule has 0 spiro atoms. The number of carbonyl (C=O) groups is 3. The maximum absolute atomic E-state index is 13.2. The quantitative estimate of drug-likeness (QED) is 0.348. The molecular weight excluding hydrogens is 507 g/mol. The van der Waals surface area contributed by atoms with Crippen LogP contribution in [0.2, 0.25) is 0 Å². The van der Waals surface area contributed by atoms with Crippen LogP contribution in [0.4, 0.5) is 14.9 Å². The molecular formula is C25H19FN2O6S2. The van der Waals surface area contributed by atoms with Crippen molar-refractivity contribution in [1.82, 2.24) is 4.90 Å². The largest absolute Gasteiger partial charge is 0.378 e. The average molecular weight is 527 g/mol. The average Bonchev–Trinajstić information content (AvgIpc) is 3.09. The van der Waals surface area contributed by atoms with Crippen molar-refractivity contribution in [2.75, 3.05) is 5.32 Å². The van der Waals surface area contributed by atoms with E-state index >= 15 is 0 Å². The summed E-state index contributed by atoms with van der Waals surface area (Å²) in [5, 5.41) is 2.05. The molecule has 1 N–H and O–H groups in total. The standard InChI is InChI=1S/C25H19FN2O6S2/c1-16(29)27-20-10-12-21(13-11-20)36(32,33)34-22-5-3-2-4-18(22)14-23-24(30)28(25(31)35-23)15-17-6-8-19(26)9-7-17/h2-14H,15H2,1H3,(H,27,29)/b23-14-. The van der Waals surface area contributed by atoms with Gasteiger partial charge in [0.1, 0.15) is 16.5 Å². The van der Waals surface area contributed by atoms with Crippen molar-refractivity contribution < 1.29 is 31.4 Å². The maximum Gasteiger partial charge on any atom is 0.339 e. The van der Waals surface area contributed by atoms with Crippen LogP contribution in [0.15, 0.2) is 82.6 Å². The van der Waals surface area contributed by atoms with E-state index in [9.17, 15) is 27.2 Å². The van der Waals surface area contributed by atoms with Crippen molar-refractivity contribution in [3.8, 4) is 5.75 Å². The Bertz CT molecular complexity index is 1470. The second kappa shape index (κ2) is 10.3. The summed E-state index contributed by atoms with van der Waals surface area (Å²) in [6.45, 7) is 1.31. The molecule has 1 fully saturated rings. The first-order chi connectivity index (χ1) is 17.1. The molecule has 1 heterocycles. The van der Waals surface area contributed by atoms with E-state index in [1.54, 1.807) is 18.2 Å². The van der Waals surface area contributed by atoms with Gasteiger partial charge in [-0.05, 0) is 65.9 Å². The number of amides is 3. The van der Waals surface area contributed by atoms with Gasteiger partial charge in [0.25, 0.3) is 11.1 Å². The van der Waals surface area contributed by atoms with E-state index in [0.717, 1.165) is 4.90 Å². The van der Waals surface area contributed by atoms with E-state index in [1.807, 2.05) is 0 Å². The molecule has 0 unspecified atom stereocenters. The number of thioether (sulfide) groups is 1. The Morgan fingerprint density at radius 1 is 1.03 bits per heavy atom. The molecule has 3 aromatic carbocycles. The highest BCUT2D eigenvalue weighted by Crippen LogP contribution is 2.35. The number of halogens is 1. The van der Waals surface area contributed by atoms with Crippen LogP contribution in [-0.4, -0.2) is 30.4 Å². The lowest BCUT2D eigenvalue weighted by Crippen LogP contribution is -2.27. The zero-order valence-electron chi connectivity index (χ0n) is 18.8. The summed E-state index contributed by atoms with van der Waals surface area (Å²) in [5.41, 5.74) is 1.29. The number of nitrogens with one attached hydrogen (secondary N) is 1. The lowest BCUT2D eigenvalue weighted by Gasteiger charge is -2.12. The van der Waals surface area contributed by atoms with Crippen LogP contribution < -0.4 is 9.50 Å². The molecule has 0 radical (unpaired) electrons. The number of anilines is 1. The van der Waals surface area contributed by atoms with Crippen molar-refractivity contribution in [1.29, 1.82) is 0 Å².